The summed E-state index contributed by atoms with van der Waals surface area (Å²) in [6.45, 7) is 0.146. The molecule has 0 aliphatic heterocycles. The van der Waals surface area contributed by atoms with Gasteiger partial charge >= 0.3 is 5.97 Å². The number of nitrogens with one attached hydrogen (secondary N) is 1. The number of nitro benzene ring substituents is 1. The maximum Gasteiger partial charge on any atom is 0.338 e. The summed E-state index contributed by atoms with van der Waals surface area (Å²) >= 11 is 0. The van der Waals surface area contributed by atoms with Gasteiger partial charge in [0.25, 0.3) is 5.69 Å². The summed E-state index contributed by atoms with van der Waals surface area (Å²) in [5.41, 5.74) is -0.752. The molecule has 8 nitrogen and oxygen atoms in total. The van der Waals surface area contributed by atoms with Crippen LogP contribution in [-0.4, -0.2) is 25.8 Å². The van der Waals surface area contributed by atoms with Crippen molar-refractivity contribution in [2.45, 2.75) is 6.54 Å². The second-order valence-corrected chi connectivity index (χ2v) is 4.25. The number of carboxylic acid groups (broad SMARTS) is 1. The van der Waals surface area contributed by atoms with Crippen molar-refractivity contribution in [3.05, 3.63) is 51.6 Å². The highest BCUT2D eigenvalue weighted by Gasteiger charge is 2.21. The van der Waals surface area contributed by atoms with Gasteiger partial charge in [-0.3, -0.25) is 14.8 Å². The molecule has 0 aliphatic carbocycles. The lowest BCUT2D eigenvalue weighted by Gasteiger charge is -2.07. The molecule has 1 aromatic heterocycles. The molecule has 1 heterocycles. The summed E-state index contributed by atoms with van der Waals surface area (Å²) < 4.78 is 15.2. The molecule has 110 valence electrons. The third kappa shape index (κ3) is 3.14. The lowest BCUT2D eigenvalue weighted by molar-refractivity contribution is -0.384. The predicted octanol–water partition coefficient (Wildman–Crippen LogP) is 1.78. The fraction of sp³-hybridized carbons (Fsp3) is 0.167. The van der Waals surface area contributed by atoms with Crippen molar-refractivity contribution < 1.29 is 19.2 Å². The molecule has 0 saturated carbocycles. The van der Waals surface area contributed by atoms with Gasteiger partial charge in [0.15, 0.2) is 0 Å². The first kappa shape index (κ1) is 14.4. The number of nitrogens with zero attached hydrogens (tertiary/aromatic N) is 3. The molecule has 0 spiro atoms. The average molecular weight is 294 g/mol. The number of aromatic nitrogens is 2. The number of nitro groups is 1. The molecule has 0 radical (unpaired) electrons. The van der Waals surface area contributed by atoms with Gasteiger partial charge in [-0.25, -0.2) is 9.18 Å². The Balaban J connectivity index is 2.31. The Morgan fingerprint density at radius 2 is 2.29 bits per heavy atom. The van der Waals surface area contributed by atoms with Crippen LogP contribution in [0.5, 0.6) is 0 Å². The van der Waals surface area contributed by atoms with Crippen LogP contribution in [0.3, 0.4) is 0 Å². The summed E-state index contributed by atoms with van der Waals surface area (Å²) in [6.07, 6.45) is 1.69. The zero-order valence-corrected chi connectivity index (χ0v) is 10.9. The van der Waals surface area contributed by atoms with E-state index in [1.165, 1.54) is 0 Å². The minimum absolute atomic E-state index is 0.104. The smallest absolute Gasteiger partial charge is 0.338 e. The summed E-state index contributed by atoms with van der Waals surface area (Å²) in [4.78, 5) is 21.0. The monoisotopic (exact) mass is 294 g/mol. The van der Waals surface area contributed by atoms with Gasteiger partial charge in [-0.05, 0) is 6.07 Å². The van der Waals surface area contributed by atoms with Gasteiger partial charge in [0.05, 0.1) is 17.2 Å². The molecule has 0 atom stereocenters. The van der Waals surface area contributed by atoms with Crippen LogP contribution in [-0.2, 0) is 13.6 Å². The van der Waals surface area contributed by atoms with Crippen LogP contribution in [0.2, 0.25) is 0 Å². The van der Waals surface area contributed by atoms with Crippen LogP contribution >= 0.6 is 0 Å². The molecule has 2 N–H and O–H groups in total. The van der Waals surface area contributed by atoms with Gasteiger partial charge in [0.1, 0.15) is 17.1 Å². The highest BCUT2D eigenvalue weighted by Crippen LogP contribution is 2.28. The number of hydrogen-bond donors (Lipinski definition) is 2. The number of halogens is 1. The number of carbonyl (C=O) groups is 1. The number of carboxylic acids is 1. The Morgan fingerprint density at radius 3 is 2.81 bits per heavy atom. The van der Waals surface area contributed by atoms with Crippen molar-refractivity contribution in [2.75, 3.05) is 5.32 Å². The van der Waals surface area contributed by atoms with Gasteiger partial charge in [0, 0.05) is 25.4 Å². The maximum atomic E-state index is 13.6. The fourth-order valence-corrected chi connectivity index (χ4v) is 1.76. The van der Waals surface area contributed by atoms with Crippen LogP contribution in [0.15, 0.2) is 24.4 Å². The quantitative estimate of drug-likeness (QED) is 0.642. The number of hydrogen-bond acceptors (Lipinski definition) is 5. The highest BCUT2D eigenvalue weighted by molar-refractivity contribution is 5.90. The Hall–Kier alpha value is -2.97. The minimum atomic E-state index is -1.56. The zero-order chi connectivity index (χ0) is 15.6. The lowest BCUT2D eigenvalue weighted by Crippen LogP contribution is -2.08. The third-order valence-electron chi connectivity index (χ3n) is 2.74. The normalized spacial score (nSPS) is 10.4. The van der Waals surface area contributed by atoms with E-state index in [0.29, 0.717) is 11.8 Å². The maximum absolute atomic E-state index is 13.6. The topological polar surface area (TPSA) is 110 Å². The van der Waals surface area contributed by atoms with E-state index < -0.39 is 28.0 Å². The van der Waals surface area contributed by atoms with Crippen molar-refractivity contribution in [1.29, 1.82) is 0 Å². The van der Waals surface area contributed by atoms with E-state index >= 15 is 0 Å². The summed E-state index contributed by atoms with van der Waals surface area (Å²) in [5, 5.41) is 26.5. The molecule has 9 heteroatoms. The molecule has 0 bridgehead atoms. The second-order valence-electron chi connectivity index (χ2n) is 4.25. The zero-order valence-electron chi connectivity index (χ0n) is 10.9. The standard InChI is InChI=1S/C12H11FN4O4/c1-16-3-2-7(15-16)6-14-10-5-9(13)8(12(18)19)4-11(10)17(20)21/h2-5,14H,6H2,1H3,(H,18,19). The van der Waals surface area contributed by atoms with E-state index in [4.69, 9.17) is 5.11 Å². The predicted molar refractivity (Wildman–Crippen MR) is 70.5 cm³/mol. The van der Waals surface area contributed by atoms with Crippen LogP contribution in [0.1, 0.15) is 16.1 Å². The lowest BCUT2D eigenvalue weighted by atomic mass is 10.1. The minimum Gasteiger partial charge on any atom is -0.478 e. The molecule has 2 rings (SSSR count). The van der Waals surface area contributed by atoms with Crippen LogP contribution in [0, 0.1) is 15.9 Å². The molecule has 1 aromatic carbocycles. The average Bonchev–Trinajstić information content (AvgIpc) is 2.81. The first-order valence-corrected chi connectivity index (χ1v) is 5.82. The van der Waals surface area contributed by atoms with E-state index in [1.807, 2.05) is 0 Å². The number of benzene rings is 1. The Bertz CT molecular complexity index is 713. The van der Waals surface area contributed by atoms with E-state index in [0.717, 1.165) is 6.07 Å². The molecule has 0 unspecified atom stereocenters. The van der Waals surface area contributed by atoms with Crippen molar-refractivity contribution >= 4 is 17.3 Å². The molecular formula is C12H11FN4O4. The summed E-state index contributed by atoms with van der Waals surface area (Å²) in [5.74, 6) is -2.61. The van der Waals surface area contributed by atoms with Crippen molar-refractivity contribution in [1.82, 2.24) is 9.78 Å². The van der Waals surface area contributed by atoms with E-state index in [-0.39, 0.29) is 12.2 Å². The number of aromatic carboxylic acids is 1. The largest absolute Gasteiger partial charge is 0.478 e. The fourth-order valence-electron chi connectivity index (χ4n) is 1.76. The van der Waals surface area contributed by atoms with Gasteiger partial charge < -0.3 is 10.4 Å². The SMILES string of the molecule is Cn1ccc(CNc2cc(F)c(C(=O)O)cc2[N+](=O)[O-])n1. The molecule has 2 aromatic rings. The van der Waals surface area contributed by atoms with Gasteiger partial charge in [-0.2, -0.15) is 5.10 Å². The number of aryl methyl sites for hydroxylation is 1. The van der Waals surface area contributed by atoms with Crippen molar-refractivity contribution in [3.63, 3.8) is 0 Å². The van der Waals surface area contributed by atoms with Crippen molar-refractivity contribution in [2.24, 2.45) is 7.05 Å². The third-order valence-corrected chi connectivity index (χ3v) is 2.74. The molecule has 21 heavy (non-hydrogen) atoms. The first-order chi connectivity index (χ1) is 9.88. The van der Waals surface area contributed by atoms with Gasteiger partial charge in [-0.1, -0.05) is 0 Å². The van der Waals surface area contributed by atoms with Gasteiger partial charge in [0.2, 0.25) is 0 Å². The van der Waals surface area contributed by atoms with Gasteiger partial charge in [-0.15, -0.1) is 0 Å². The number of rotatable bonds is 5. The summed E-state index contributed by atoms with van der Waals surface area (Å²) in [6, 6.07) is 3.18. The van der Waals surface area contributed by atoms with E-state index in [1.54, 1.807) is 24.0 Å². The first-order valence-electron chi connectivity index (χ1n) is 5.82. The van der Waals surface area contributed by atoms with E-state index in [2.05, 4.69) is 10.4 Å². The Kier molecular flexibility index (Phi) is 3.83. The highest BCUT2D eigenvalue weighted by atomic mass is 19.1. The molecule has 0 aliphatic rings. The summed E-state index contributed by atoms with van der Waals surface area (Å²) in [7, 11) is 1.72. The molecule has 0 saturated heterocycles. The second kappa shape index (κ2) is 5.57. The molecular weight excluding hydrogens is 283 g/mol. The van der Waals surface area contributed by atoms with Crippen molar-refractivity contribution in [3.8, 4) is 0 Å². The van der Waals surface area contributed by atoms with E-state index in [9.17, 15) is 19.3 Å². The Morgan fingerprint density at radius 1 is 1.57 bits per heavy atom. The van der Waals surface area contributed by atoms with Crippen LogP contribution < -0.4 is 5.32 Å². The molecule has 0 fully saturated rings. The van der Waals surface area contributed by atoms with Crippen LogP contribution in [0.25, 0.3) is 0 Å². The van der Waals surface area contributed by atoms with Crippen LogP contribution in [0.4, 0.5) is 15.8 Å². The Labute approximate surface area is 118 Å². The number of anilines is 1. The molecule has 0 amide bonds.